The number of aryl methyl sites for hydroxylation is 1. The number of carboxylic acids is 1. The van der Waals surface area contributed by atoms with E-state index in [0.29, 0.717) is 11.6 Å². The highest BCUT2D eigenvalue weighted by atomic mass is 16.4. The SMILES string of the molecule is Cc1cc(C(=O)O)c(C)n1C(C)C1CC1. The molecule has 1 aromatic heterocycles. The van der Waals surface area contributed by atoms with Gasteiger partial charge >= 0.3 is 5.97 Å². The Bertz CT molecular complexity index is 402. The first kappa shape index (κ1) is 10.3. The Morgan fingerprint density at radius 3 is 2.53 bits per heavy atom. The summed E-state index contributed by atoms with van der Waals surface area (Å²) in [4.78, 5) is 11.0. The molecule has 1 N–H and O–H groups in total. The average molecular weight is 207 g/mol. The minimum Gasteiger partial charge on any atom is -0.478 e. The standard InChI is InChI=1S/C12H17NO2/c1-7-6-11(12(14)15)9(3)13(7)8(2)10-4-5-10/h6,8,10H,4-5H2,1-3H3,(H,14,15). The Labute approximate surface area is 89.7 Å². The van der Waals surface area contributed by atoms with E-state index in [0.717, 1.165) is 17.3 Å². The Morgan fingerprint density at radius 2 is 2.13 bits per heavy atom. The van der Waals surface area contributed by atoms with Crippen LogP contribution in [0.2, 0.25) is 0 Å². The van der Waals surface area contributed by atoms with Crippen LogP contribution < -0.4 is 0 Å². The smallest absolute Gasteiger partial charge is 0.337 e. The summed E-state index contributed by atoms with van der Waals surface area (Å²) < 4.78 is 2.17. The molecule has 3 heteroatoms. The molecule has 0 radical (unpaired) electrons. The lowest BCUT2D eigenvalue weighted by atomic mass is 10.2. The molecule has 82 valence electrons. The molecule has 0 aliphatic heterocycles. The van der Waals surface area contributed by atoms with Crippen molar-refractivity contribution in [2.75, 3.05) is 0 Å². The normalized spacial score (nSPS) is 17.8. The zero-order valence-corrected chi connectivity index (χ0v) is 9.45. The monoisotopic (exact) mass is 207 g/mol. The molecule has 0 aromatic carbocycles. The van der Waals surface area contributed by atoms with Crippen LogP contribution in [-0.4, -0.2) is 15.6 Å². The van der Waals surface area contributed by atoms with Gasteiger partial charge in [-0.25, -0.2) is 4.79 Å². The van der Waals surface area contributed by atoms with Gasteiger partial charge in [-0.2, -0.15) is 0 Å². The van der Waals surface area contributed by atoms with Gasteiger partial charge in [0.05, 0.1) is 5.56 Å². The van der Waals surface area contributed by atoms with Crippen LogP contribution in [0.25, 0.3) is 0 Å². The van der Waals surface area contributed by atoms with Crippen LogP contribution in [0, 0.1) is 19.8 Å². The van der Waals surface area contributed by atoms with E-state index in [1.54, 1.807) is 6.07 Å². The van der Waals surface area contributed by atoms with Gasteiger partial charge in [-0.05, 0) is 45.6 Å². The number of hydrogen-bond donors (Lipinski definition) is 1. The van der Waals surface area contributed by atoms with Gasteiger partial charge in [0.2, 0.25) is 0 Å². The minimum absolute atomic E-state index is 0.443. The highest BCUT2D eigenvalue weighted by Gasteiger charge is 2.31. The maximum atomic E-state index is 11.0. The summed E-state index contributed by atoms with van der Waals surface area (Å²) in [6.07, 6.45) is 2.56. The lowest BCUT2D eigenvalue weighted by molar-refractivity contribution is 0.0696. The van der Waals surface area contributed by atoms with E-state index in [-0.39, 0.29) is 0 Å². The first-order chi connectivity index (χ1) is 7.02. The fourth-order valence-electron chi connectivity index (χ4n) is 2.41. The van der Waals surface area contributed by atoms with Crippen molar-refractivity contribution < 1.29 is 9.90 Å². The van der Waals surface area contributed by atoms with Crippen LogP contribution >= 0.6 is 0 Å². The summed E-state index contributed by atoms with van der Waals surface area (Å²) in [6, 6.07) is 2.22. The van der Waals surface area contributed by atoms with Crippen molar-refractivity contribution in [3.8, 4) is 0 Å². The molecule has 0 bridgehead atoms. The number of rotatable bonds is 3. The van der Waals surface area contributed by atoms with E-state index in [9.17, 15) is 4.79 Å². The van der Waals surface area contributed by atoms with Crippen molar-refractivity contribution in [2.45, 2.75) is 39.7 Å². The molecular weight excluding hydrogens is 190 g/mol. The second-order valence-electron chi connectivity index (χ2n) is 4.54. The molecule has 0 amide bonds. The molecule has 1 aliphatic carbocycles. The Balaban J connectivity index is 2.41. The van der Waals surface area contributed by atoms with E-state index in [1.165, 1.54) is 12.8 Å². The number of aromatic carboxylic acids is 1. The van der Waals surface area contributed by atoms with Gasteiger partial charge in [0.25, 0.3) is 0 Å². The number of nitrogens with zero attached hydrogens (tertiary/aromatic N) is 1. The van der Waals surface area contributed by atoms with Gasteiger partial charge in [-0.3, -0.25) is 0 Å². The van der Waals surface area contributed by atoms with E-state index in [1.807, 2.05) is 13.8 Å². The van der Waals surface area contributed by atoms with Crippen molar-refractivity contribution in [1.29, 1.82) is 0 Å². The summed E-state index contributed by atoms with van der Waals surface area (Å²) in [7, 11) is 0. The molecule has 0 saturated heterocycles. The number of carboxylic acid groups (broad SMARTS) is 1. The second-order valence-corrected chi connectivity index (χ2v) is 4.54. The minimum atomic E-state index is -0.822. The highest BCUT2D eigenvalue weighted by molar-refractivity contribution is 5.89. The first-order valence-electron chi connectivity index (χ1n) is 5.44. The predicted octanol–water partition coefficient (Wildman–Crippen LogP) is 2.77. The molecule has 15 heavy (non-hydrogen) atoms. The molecule has 2 rings (SSSR count). The summed E-state index contributed by atoms with van der Waals surface area (Å²) in [5, 5.41) is 9.03. The number of carbonyl (C=O) groups is 1. The summed E-state index contributed by atoms with van der Waals surface area (Å²) in [5.74, 6) is -0.0752. The highest BCUT2D eigenvalue weighted by Crippen LogP contribution is 2.41. The van der Waals surface area contributed by atoms with Crippen molar-refractivity contribution >= 4 is 5.97 Å². The Kier molecular flexibility index (Phi) is 2.33. The summed E-state index contributed by atoms with van der Waals surface area (Å²) in [5.41, 5.74) is 2.39. The topological polar surface area (TPSA) is 42.2 Å². The van der Waals surface area contributed by atoms with Crippen molar-refractivity contribution in [2.24, 2.45) is 5.92 Å². The molecule has 1 heterocycles. The zero-order chi connectivity index (χ0) is 11.2. The van der Waals surface area contributed by atoms with Gasteiger partial charge < -0.3 is 9.67 Å². The number of hydrogen-bond acceptors (Lipinski definition) is 1. The van der Waals surface area contributed by atoms with Crippen LogP contribution in [0.5, 0.6) is 0 Å². The van der Waals surface area contributed by atoms with Crippen molar-refractivity contribution in [3.63, 3.8) is 0 Å². The van der Waals surface area contributed by atoms with Crippen LogP contribution in [0.15, 0.2) is 6.07 Å². The van der Waals surface area contributed by atoms with Crippen LogP contribution in [0.3, 0.4) is 0 Å². The lowest BCUT2D eigenvalue weighted by Gasteiger charge is -2.17. The molecule has 1 aliphatic rings. The average Bonchev–Trinajstić information content (AvgIpc) is 2.92. The van der Waals surface area contributed by atoms with Gasteiger partial charge in [0.1, 0.15) is 0 Å². The predicted molar refractivity (Wildman–Crippen MR) is 58.3 cm³/mol. The quantitative estimate of drug-likeness (QED) is 0.828. The summed E-state index contributed by atoms with van der Waals surface area (Å²) in [6.45, 7) is 6.07. The molecule has 1 saturated carbocycles. The fraction of sp³-hybridized carbons (Fsp3) is 0.583. The molecule has 1 atom stereocenters. The number of aromatic nitrogens is 1. The van der Waals surface area contributed by atoms with Gasteiger partial charge in [0, 0.05) is 17.4 Å². The largest absolute Gasteiger partial charge is 0.478 e. The van der Waals surface area contributed by atoms with E-state index < -0.39 is 5.97 Å². The zero-order valence-electron chi connectivity index (χ0n) is 9.45. The molecular formula is C12H17NO2. The molecule has 1 fully saturated rings. The third-order valence-electron chi connectivity index (χ3n) is 3.43. The maximum absolute atomic E-state index is 11.0. The van der Waals surface area contributed by atoms with Gasteiger partial charge in [0.15, 0.2) is 0 Å². The fourth-order valence-corrected chi connectivity index (χ4v) is 2.41. The van der Waals surface area contributed by atoms with Crippen LogP contribution in [0.1, 0.15) is 47.6 Å². The Hall–Kier alpha value is -1.25. The van der Waals surface area contributed by atoms with Crippen LogP contribution in [-0.2, 0) is 0 Å². The van der Waals surface area contributed by atoms with Gasteiger partial charge in [-0.15, -0.1) is 0 Å². The second kappa shape index (κ2) is 3.40. The third kappa shape index (κ3) is 1.66. The van der Waals surface area contributed by atoms with E-state index in [2.05, 4.69) is 11.5 Å². The lowest BCUT2D eigenvalue weighted by Crippen LogP contribution is -2.11. The van der Waals surface area contributed by atoms with E-state index in [4.69, 9.17) is 5.11 Å². The van der Waals surface area contributed by atoms with Crippen molar-refractivity contribution in [1.82, 2.24) is 4.57 Å². The third-order valence-corrected chi connectivity index (χ3v) is 3.43. The van der Waals surface area contributed by atoms with E-state index >= 15 is 0 Å². The Morgan fingerprint density at radius 1 is 1.53 bits per heavy atom. The maximum Gasteiger partial charge on any atom is 0.337 e. The first-order valence-corrected chi connectivity index (χ1v) is 5.44. The van der Waals surface area contributed by atoms with Crippen LogP contribution in [0.4, 0.5) is 0 Å². The molecule has 0 spiro atoms. The molecule has 1 aromatic rings. The summed E-state index contributed by atoms with van der Waals surface area (Å²) >= 11 is 0. The molecule has 3 nitrogen and oxygen atoms in total. The van der Waals surface area contributed by atoms with Crippen molar-refractivity contribution in [3.05, 3.63) is 23.0 Å². The molecule has 1 unspecified atom stereocenters. The van der Waals surface area contributed by atoms with Gasteiger partial charge in [-0.1, -0.05) is 0 Å².